The molecule has 0 aliphatic heterocycles. The Balaban J connectivity index is 0.000000583. The van der Waals surface area contributed by atoms with Crippen LogP contribution in [0.15, 0.2) is 36.5 Å². The number of nitrogens with zero attached hydrogens (tertiary/aromatic N) is 2. The molecular weight excluding hydrogens is 334 g/mol. The fourth-order valence-corrected chi connectivity index (χ4v) is 1.25. The Morgan fingerprint density at radius 2 is 1.88 bits per heavy atom. The number of fused-ring (bicyclic) bond motifs is 1. The molecule has 0 amide bonds. The molecule has 0 spiro atoms. The van der Waals surface area contributed by atoms with Crippen LogP contribution in [0.5, 0.6) is 0 Å². The third kappa shape index (κ3) is 4.46. The van der Waals surface area contributed by atoms with Gasteiger partial charge in [-0.3, -0.25) is 15.1 Å². The van der Waals surface area contributed by atoms with Crippen LogP contribution in [0.3, 0.4) is 0 Å². The van der Waals surface area contributed by atoms with Crippen LogP contribution in [0.1, 0.15) is 0 Å². The molecule has 8 heteroatoms. The second kappa shape index (κ2) is 8.22. The van der Waals surface area contributed by atoms with Gasteiger partial charge in [0, 0.05) is 12.3 Å². The van der Waals surface area contributed by atoms with Crippen molar-refractivity contribution in [3.8, 4) is 0 Å². The summed E-state index contributed by atoms with van der Waals surface area (Å²) in [6, 6.07) is 8.25. The van der Waals surface area contributed by atoms with E-state index in [-0.39, 0.29) is 22.8 Å². The van der Waals surface area contributed by atoms with Crippen molar-refractivity contribution >= 4 is 57.4 Å². The maximum absolute atomic E-state index is 10.6. The van der Waals surface area contributed by atoms with E-state index >= 15 is 0 Å². The van der Waals surface area contributed by atoms with Crippen LogP contribution in [0.4, 0.5) is 5.69 Å². The van der Waals surface area contributed by atoms with Crippen molar-refractivity contribution in [2.45, 2.75) is 0 Å². The standard InChI is InChI=1S/C9H6N2O2.Cl2O.H2Se/c12-11(13)9-5-1-4-8-7(9)3-2-6-10-8;1-3-2;/h1-6H;;1H2. The zero-order valence-corrected chi connectivity index (χ0v) is 11.9. The number of benzene rings is 1. The first-order valence-corrected chi connectivity index (χ1v) is 4.70. The van der Waals surface area contributed by atoms with Gasteiger partial charge in [-0.2, -0.15) is 3.84 Å². The SMILES string of the molecule is ClOCl.O=[N+]([O-])c1cccc2ncccc12.[SeH2]. The molecule has 0 aliphatic carbocycles. The first-order valence-electron chi connectivity index (χ1n) is 4.08. The summed E-state index contributed by atoms with van der Waals surface area (Å²) < 4.78 is 3.19. The van der Waals surface area contributed by atoms with Crippen molar-refractivity contribution < 1.29 is 8.77 Å². The van der Waals surface area contributed by atoms with Crippen LogP contribution in [-0.4, -0.2) is 27.0 Å². The first kappa shape index (κ1) is 16.1. The van der Waals surface area contributed by atoms with Gasteiger partial charge in [0.25, 0.3) is 5.69 Å². The van der Waals surface area contributed by atoms with Gasteiger partial charge in [0.2, 0.25) is 0 Å². The zero-order chi connectivity index (χ0) is 12.0. The third-order valence-electron chi connectivity index (χ3n) is 1.82. The van der Waals surface area contributed by atoms with Gasteiger partial charge in [0.1, 0.15) is 0 Å². The van der Waals surface area contributed by atoms with E-state index in [4.69, 9.17) is 0 Å². The van der Waals surface area contributed by atoms with Crippen molar-refractivity contribution in [2.24, 2.45) is 0 Å². The summed E-state index contributed by atoms with van der Waals surface area (Å²) >= 11 is 8.53. The van der Waals surface area contributed by atoms with E-state index in [1.165, 1.54) is 6.07 Å². The molecule has 1 aromatic carbocycles. The van der Waals surface area contributed by atoms with Crippen LogP contribution < -0.4 is 0 Å². The van der Waals surface area contributed by atoms with Crippen LogP contribution in [0.25, 0.3) is 10.9 Å². The number of rotatable bonds is 1. The van der Waals surface area contributed by atoms with E-state index < -0.39 is 4.92 Å². The number of non-ortho nitro benzene ring substituents is 1. The summed E-state index contributed by atoms with van der Waals surface area (Å²) in [6.45, 7) is 0. The normalized spacial score (nSPS) is 8.82. The molecule has 2 aromatic rings. The zero-order valence-electron chi connectivity index (χ0n) is 8.34. The molecule has 0 radical (unpaired) electrons. The van der Waals surface area contributed by atoms with Gasteiger partial charge < -0.3 is 0 Å². The Morgan fingerprint density at radius 3 is 2.47 bits per heavy atom. The quantitative estimate of drug-likeness (QED) is 0.454. The Morgan fingerprint density at radius 1 is 1.24 bits per heavy atom. The minimum absolute atomic E-state index is 0. The van der Waals surface area contributed by atoms with Gasteiger partial charge in [0.05, 0.1) is 39.6 Å². The molecule has 17 heavy (non-hydrogen) atoms. The second-order valence-electron chi connectivity index (χ2n) is 2.66. The van der Waals surface area contributed by atoms with Gasteiger partial charge >= 0.3 is 17.1 Å². The number of halogens is 2. The van der Waals surface area contributed by atoms with Gasteiger partial charge in [-0.05, 0) is 18.2 Å². The number of aromatic nitrogens is 1. The third-order valence-corrected chi connectivity index (χ3v) is 1.82. The van der Waals surface area contributed by atoms with E-state index in [0.717, 1.165) is 0 Å². The van der Waals surface area contributed by atoms with Gasteiger partial charge in [-0.15, -0.1) is 0 Å². The molecule has 0 N–H and O–H groups in total. The molecule has 5 nitrogen and oxygen atoms in total. The van der Waals surface area contributed by atoms with Crippen molar-refractivity contribution in [1.29, 1.82) is 0 Å². The summed E-state index contributed by atoms with van der Waals surface area (Å²) in [7, 11) is 0. The molecule has 2 rings (SSSR count). The fourth-order valence-electron chi connectivity index (χ4n) is 1.25. The van der Waals surface area contributed by atoms with E-state index in [1.54, 1.807) is 30.5 Å². The van der Waals surface area contributed by atoms with Gasteiger partial charge in [-0.25, -0.2) is 0 Å². The molecule has 0 fully saturated rings. The summed E-state index contributed by atoms with van der Waals surface area (Å²) in [5.41, 5.74) is 0.752. The molecule has 0 aliphatic rings. The minimum atomic E-state index is -0.399. The number of hydrogen-bond acceptors (Lipinski definition) is 4. The van der Waals surface area contributed by atoms with E-state index in [1.807, 2.05) is 0 Å². The number of nitro groups is 1. The number of hydrogen-bond donors (Lipinski definition) is 0. The Hall–Kier alpha value is -0.911. The maximum atomic E-state index is 10.6. The monoisotopic (exact) mass is 342 g/mol. The van der Waals surface area contributed by atoms with E-state index in [9.17, 15) is 10.1 Å². The Kier molecular flexibility index (Phi) is 7.78. The predicted octanol–water partition coefficient (Wildman–Crippen LogP) is 2.54. The van der Waals surface area contributed by atoms with Crippen molar-refractivity contribution in [3.63, 3.8) is 0 Å². The number of pyridine rings is 1. The van der Waals surface area contributed by atoms with Crippen molar-refractivity contribution in [3.05, 3.63) is 46.6 Å². The fraction of sp³-hybridized carbons (Fsp3) is 0. The average molecular weight is 342 g/mol. The van der Waals surface area contributed by atoms with Gasteiger partial charge in [0.15, 0.2) is 0 Å². The molecule has 1 aromatic heterocycles. The van der Waals surface area contributed by atoms with Gasteiger partial charge in [-0.1, -0.05) is 6.07 Å². The van der Waals surface area contributed by atoms with Crippen LogP contribution in [0, 0.1) is 10.1 Å². The van der Waals surface area contributed by atoms with Crippen LogP contribution in [-0.2, 0) is 3.84 Å². The van der Waals surface area contributed by atoms with E-state index in [0.29, 0.717) is 10.9 Å². The molecule has 0 saturated heterocycles. The molecular formula is C9H8Cl2N2O3Se. The molecule has 1 heterocycles. The molecule has 92 valence electrons. The van der Waals surface area contributed by atoms with Crippen molar-refractivity contribution in [2.75, 3.05) is 0 Å². The van der Waals surface area contributed by atoms with Crippen molar-refractivity contribution in [1.82, 2.24) is 4.98 Å². The first-order chi connectivity index (χ1) is 7.70. The predicted molar refractivity (Wildman–Crippen MR) is 69.7 cm³/mol. The summed E-state index contributed by atoms with van der Waals surface area (Å²) in [5.74, 6) is 0. The second-order valence-corrected chi connectivity index (χ2v) is 3.13. The number of nitro benzene ring substituents is 1. The summed E-state index contributed by atoms with van der Waals surface area (Å²) in [5, 5.41) is 11.2. The molecule has 0 saturated carbocycles. The summed E-state index contributed by atoms with van der Waals surface area (Å²) in [6.07, 6.45) is 1.62. The van der Waals surface area contributed by atoms with Crippen LogP contribution >= 0.6 is 23.7 Å². The van der Waals surface area contributed by atoms with E-state index in [2.05, 4.69) is 32.6 Å². The molecule has 0 bridgehead atoms. The topological polar surface area (TPSA) is 65.3 Å². The summed E-state index contributed by atoms with van der Waals surface area (Å²) in [4.78, 5) is 14.2. The molecule has 0 unspecified atom stereocenters. The molecule has 0 atom stereocenters. The Bertz CT molecular complexity index is 493. The van der Waals surface area contributed by atoms with Crippen LogP contribution in [0.2, 0.25) is 0 Å². The average Bonchev–Trinajstić information content (AvgIpc) is 2.29. The Labute approximate surface area is 118 Å².